The van der Waals surface area contributed by atoms with Crippen LogP contribution in [0.5, 0.6) is 5.75 Å². The number of methoxy groups -OCH3 is 1. The number of carbonyl (C=O) groups is 2. The van der Waals surface area contributed by atoms with E-state index in [4.69, 9.17) is 4.74 Å². The molecule has 160 valence electrons. The number of nitrogens with one attached hydrogen (secondary N) is 2. The first-order valence-corrected chi connectivity index (χ1v) is 10.7. The van der Waals surface area contributed by atoms with Gasteiger partial charge < -0.3 is 15.4 Å². The van der Waals surface area contributed by atoms with Gasteiger partial charge in [0, 0.05) is 11.3 Å². The Labute approximate surface area is 190 Å². The summed E-state index contributed by atoms with van der Waals surface area (Å²) >= 11 is 1.29. The Bertz CT molecular complexity index is 1230. The Morgan fingerprint density at radius 2 is 1.84 bits per heavy atom. The summed E-state index contributed by atoms with van der Waals surface area (Å²) in [7, 11) is 1.58. The Kier molecular flexibility index (Phi) is 6.37. The quantitative estimate of drug-likeness (QED) is 0.535. The zero-order chi connectivity index (χ0) is 22.5. The van der Waals surface area contributed by atoms with Crippen molar-refractivity contribution >= 4 is 46.2 Å². The maximum atomic E-state index is 12.5. The third-order valence-corrected chi connectivity index (χ3v) is 5.59. The third-order valence-electron chi connectivity index (χ3n) is 4.68. The molecule has 0 spiro atoms. The first-order valence-electron chi connectivity index (χ1n) is 9.92. The molecule has 7 heteroatoms. The highest BCUT2D eigenvalue weighted by Gasteiger charge is 2.23. The fourth-order valence-corrected chi connectivity index (χ4v) is 3.94. The molecular weight excluding hydrogens is 422 g/mol. The van der Waals surface area contributed by atoms with E-state index >= 15 is 0 Å². The van der Waals surface area contributed by atoms with E-state index in [2.05, 4.69) is 15.6 Å². The number of aliphatic imine (C=N–C) groups is 1. The molecule has 0 atom stereocenters. The number of hydrogen-bond donors (Lipinski definition) is 2. The molecular formula is C25H21N3O3S. The monoisotopic (exact) mass is 443 g/mol. The minimum Gasteiger partial charge on any atom is -0.497 e. The predicted octanol–water partition coefficient (Wildman–Crippen LogP) is 5.15. The summed E-state index contributed by atoms with van der Waals surface area (Å²) in [6.07, 6.45) is 1.78. The van der Waals surface area contributed by atoms with E-state index in [1.54, 1.807) is 43.5 Å². The van der Waals surface area contributed by atoms with Crippen molar-refractivity contribution in [2.45, 2.75) is 6.92 Å². The van der Waals surface area contributed by atoms with Crippen LogP contribution in [-0.4, -0.2) is 24.1 Å². The van der Waals surface area contributed by atoms with Gasteiger partial charge in [0.1, 0.15) is 5.75 Å². The lowest BCUT2D eigenvalue weighted by Gasteiger charge is -2.07. The lowest BCUT2D eigenvalue weighted by molar-refractivity contribution is -0.115. The van der Waals surface area contributed by atoms with Crippen molar-refractivity contribution in [3.63, 3.8) is 0 Å². The first-order chi connectivity index (χ1) is 15.5. The van der Waals surface area contributed by atoms with Crippen LogP contribution in [0.3, 0.4) is 0 Å². The van der Waals surface area contributed by atoms with E-state index in [0.29, 0.717) is 27.1 Å². The SMILES string of the molecule is COc1ccc(C(=O)Nc2cccc(/C=C3/SC(=Nc4cccc(C)c4)NC3=O)c2)cc1. The van der Waals surface area contributed by atoms with Gasteiger partial charge in [-0.15, -0.1) is 0 Å². The van der Waals surface area contributed by atoms with Gasteiger partial charge >= 0.3 is 0 Å². The Balaban J connectivity index is 1.48. The molecule has 0 aliphatic carbocycles. The van der Waals surface area contributed by atoms with Crippen LogP contribution in [0.15, 0.2) is 82.7 Å². The molecule has 3 aromatic rings. The highest BCUT2D eigenvalue weighted by Crippen LogP contribution is 2.28. The number of rotatable bonds is 5. The third kappa shape index (κ3) is 5.25. The largest absolute Gasteiger partial charge is 0.497 e. The van der Waals surface area contributed by atoms with E-state index in [-0.39, 0.29) is 11.8 Å². The predicted molar refractivity (Wildman–Crippen MR) is 129 cm³/mol. The number of nitrogens with zero attached hydrogens (tertiary/aromatic N) is 1. The molecule has 0 saturated carbocycles. The maximum Gasteiger partial charge on any atom is 0.264 e. The number of benzene rings is 3. The Morgan fingerprint density at radius 3 is 2.59 bits per heavy atom. The van der Waals surface area contributed by atoms with Crippen LogP contribution in [0.2, 0.25) is 0 Å². The van der Waals surface area contributed by atoms with Crippen LogP contribution in [-0.2, 0) is 4.79 Å². The summed E-state index contributed by atoms with van der Waals surface area (Å²) in [5, 5.41) is 6.21. The average molecular weight is 444 g/mol. The minimum absolute atomic E-state index is 0.200. The van der Waals surface area contributed by atoms with Crippen LogP contribution in [0.25, 0.3) is 6.08 Å². The molecule has 1 heterocycles. The number of amides is 2. The van der Waals surface area contributed by atoms with Crippen LogP contribution >= 0.6 is 11.8 Å². The Hall–Kier alpha value is -3.84. The van der Waals surface area contributed by atoms with Crippen molar-refractivity contribution < 1.29 is 14.3 Å². The van der Waals surface area contributed by atoms with Gasteiger partial charge in [0.2, 0.25) is 0 Å². The summed E-state index contributed by atoms with van der Waals surface area (Å²) in [6.45, 7) is 2.00. The summed E-state index contributed by atoms with van der Waals surface area (Å²) in [6, 6.07) is 22.0. The van der Waals surface area contributed by atoms with Crippen molar-refractivity contribution in [1.82, 2.24) is 5.32 Å². The molecule has 1 aliphatic heterocycles. The van der Waals surface area contributed by atoms with E-state index < -0.39 is 0 Å². The molecule has 1 fully saturated rings. The van der Waals surface area contributed by atoms with Crippen molar-refractivity contribution in [2.75, 3.05) is 12.4 Å². The second kappa shape index (κ2) is 9.53. The van der Waals surface area contributed by atoms with Crippen molar-refractivity contribution in [3.05, 3.63) is 94.4 Å². The minimum atomic E-state index is -0.224. The zero-order valence-electron chi connectivity index (χ0n) is 17.6. The van der Waals surface area contributed by atoms with Gasteiger partial charge in [0.25, 0.3) is 11.8 Å². The van der Waals surface area contributed by atoms with Gasteiger partial charge in [-0.1, -0.05) is 24.3 Å². The summed E-state index contributed by atoms with van der Waals surface area (Å²) in [5.41, 5.74) is 3.85. The van der Waals surface area contributed by atoms with Crippen LogP contribution in [0.1, 0.15) is 21.5 Å². The van der Waals surface area contributed by atoms with E-state index in [1.165, 1.54) is 11.8 Å². The van der Waals surface area contributed by atoms with E-state index in [9.17, 15) is 9.59 Å². The molecule has 0 radical (unpaired) electrons. The zero-order valence-corrected chi connectivity index (χ0v) is 18.4. The van der Waals surface area contributed by atoms with Gasteiger partial charge in [-0.2, -0.15) is 0 Å². The van der Waals surface area contributed by atoms with E-state index in [0.717, 1.165) is 16.8 Å². The summed E-state index contributed by atoms with van der Waals surface area (Å²) in [5.74, 6) is 0.264. The highest BCUT2D eigenvalue weighted by molar-refractivity contribution is 8.18. The van der Waals surface area contributed by atoms with E-state index in [1.807, 2.05) is 49.4 Å². The molecule has 0 bridgehead atoms. The lowest BCUT2D eigenvalue weighted by atomic mass is 10.1. The number of thioether (sulfide) groups is 1. The molecule has 2 amide bonds. The van der Waals surface area contributed by atoms with Gasteiger partial charge in [0.05, 0.1) is 17.7 Å². The van der Waals surface area contributed by atoms with Gasteiger partial charge in [-0.25, -0.2) is 4.99 Å². The number of anilines is 1. The average Bonchev–Trinajstić information content (AvgIpc) is 3.12. The second-order valence-corrected chi connectivity index (χ2v) is 8.16. The molecule has 2 N–H and O–H groups in total. The van der Waals surface area contributed by atoms with Crippen LogP contribution in [0, 0.1) is 6.92 Å². The highest BCUT2D eigenvalue weighted by atomic mass is 32.2. The number of aryl methyl sites for hydroxylation is 1. The van der Waals surface area contributed by atoms with Gasteiger partial charge in [-0.05, 0) is 84.4 Å². The molecule has 0 unspecified atom stereocenters. The number of ether oxygens (including phenoxy) is 1. The second-order valence-electron chi connectivity index (χ2n) is 7.13. The van der Waals surface area contributed by atoms with Gasteiger partial charge in [0.15, 0.2) is 5.17 Å². The summed E-state index contributed by atoms with van der Waals surface area (Å²) < 4.78 is 5.12. The lowest BCUT2D eigenvalue weighted by Crippen LogP contribution is -2.19. The standard InChI is InChI=1S/C25H21N3O3S/c1-16-5-3-7-19(13-16)27-25-28-24(30)22(32-25)15-17-6-4-8-20(14-17)26-23(29)18-9-11-21(31-2)12-10-18/h3-15H,1-2H3,(H,26,29)(H,27,28,30)/b22-15+. The van der Waals surface area contributed by atoms with Gasteiger partial charge in [-0.3, -0.25) is 9.59 Å². The van der Waals surface area contributed by atoms with Crippen molar-refractivity contribution in [3.8, 4) is 5.75 Å². The smallest absolute Gasteiger partial charge is 0.264 e. The molecule has 6 nitrogen and oxygen atoms in total. The van der Waals surface area contributed by atoms with Crippen molar-refractivity contribution in [1.29, 1.82) is 0 Å². The molecule has 1 aliphatic rings. The van der Waals surface area contributed by atoms with Crippen LogP contribution in [0.4, 0.5) is 11.4 Å². The Morgan fingerprint density at radius 1 is 1.06 bits per heavy atom. The molecule has 4 rings (SSSR count). The molecule has 1 saturated heterocycles. The summed E-state index contributed by atoms with van der Waals surface area (Å²) in [4.78, 5) is 29.9. The maximum absolute atomic E-state index is 12.5. The van der Waals surface area contributed by atoms with Crippen molar-refractivity contribution in [2.24, 2.45) is 4.99 Å². The fourth-order valence-electron chi connectivity index (χ4n) is 3.10. The molecule has 32 heavy (non-hydrogen) atoms. The normalized spacial score (nSPS) is 15.6. The number of amidine groups is 1. The number of carbonyl (C=O) groups excluding carboxylic acids is 2. The number of hydrogen-bond acceptors (Lipinski definition) is 5. The topological polar surface area (TPSA) is 79.8 Å². The first kappa shape index (κ1) is 21.4. The molecule has 3 aromatic carbocycles. The fraction of sp³-hybridized carbons (Fsp3) is 0.0800. The van der Waals surface area contributed by atoms with Crippen LogP contribution < -0.4 is 15.4 Å². The molecule has 0 aromatic heterocycles.